The Bertz CT molecular complexity index is 2750. The number of carbonyl (C=O) groups excluding carboxylic acids is 11. The van der Waals surface area contributed by atoms with Crippen LogP contribution < -0.4 is 75.7 Å². The van der Waals surface area contributed by atoms with Gasteiger partial charge in [0.05, 0.1) is 52.0 Å². The number of carbonyl (C=O) groups is 12. The maximum atomic E-state index is 14.0. The number of hydrogen-bond acceptors (Lipinski definition) is 22. The Morgan fingerprint density at radius 3 is 1.29 bits per heavy atom. The van der Waals surface area contributed by atoms with Gasteiger partial charge in [-0.1, -0.05) is 39.8 Å². The number of aromatic amines is 1. The normalized spacial score (nSPS) is 15.1. The zero-order valence-corrected chi connectivity index (χ0v) is 50.1. The number of rotatable bonds is 40. The molecule has 37 heteroatoms. The lowest BCUT2D eigenvalue weighted by Crippen LogP contribution is -2.63. The van der Waals surface area contributed by atoms with Crippen LogP contribution in [0.2, 0.25) is 0 Å². The van der Waals surface area contributed by atoms with Crippen molar-refractivity contribution in [3.8, 4) is 5.75 Å². The lowest BCUT2D eigenvalue weighted by Gasteiger charge is -2.28. The number of hydrogen-bond donors (Lipinski definition) is 23. The van der Waals surface area contributed by atoms with Crippen LogP contribution in [0.1, 0.15) is 65.1 Å². The van der Waals surface area contributed by atoms with Gasteiger partial charge in [-0.3, -0.25) is 57.7 Å². The number of phenols is 1. The third-order valence-electron chi connectivity index (χ3n) is 13.1. The molecule has 0 unspecified atom stereocenters. The maximum absolute atomic E-state index is 14.0. The number of aromatic nitrogens is 2. The molecule has 90 heavy (non-hydrogen) atoms. The van der Waals surface area contributed by atoms with Crippen LogP contribution >= 0.6 is 0 Å². The molecule has 0 spiro atoms. The largest absolute Gasteiger partial charge is 0.508 e. The van der Waals surface area contributed by atoms with Crippen molar-refractivity contribution in [1.82, 2.24) is 68.5 Å². The number of carboxylic acids is 1. The first-order valence-corrected chi connectivity index (χ1v) is 28.2. The molecule has 0 saturated carbocycles. The predicted octanol–water partition coefficient (Wildman–Crippen LogP) is -10.6. The zero-order chi connectivity index (χ0) is 67.9. The molecule has 12 atom stereocenters. The molecular weight excluding hydrogens is 1190 g/mol. The topological polar surface area (TPSA) is 618 Å². The van der Waals surface area contributed by atoms with Crippen LogP contribution in [0.4, 0.5) is 0 Å². The highest BCUT2D eigenvalue weighted by Gasteiger charge is 2.37. The molecule has 26 N–H and O–H groups in total. The Morgan fingerprint density at radius 1 is 0.500 bits per heavy atom. The van der Waals surface area contributed by atoms with E-state index in [-0.39, 0.29) is 49.9 Å². The van der Waals surface area contributed by atoms with Gasteiger partial charge >= 0.3 is 5.97 Å². The Kier molecular flexibility index (Phi) is 33.3. The number of aromatic hydroxyl groups is 1. The van der Waals surface area contributed by atoms with Crippen molar-refractivity contribution in [3.63, 3.8) is 0 Å². The quantitative estimate of drug-likeness (QED) is 0.0167. The average Bonchev–Trinajstić information content (AvgIpc) is 4.02. The van der Waals surface area contributed by atoms with Gasteiger partial charge in [0, 0.05) is 31.3 Å². The van der Waals surface area contributed by atoms with E-state index in [1.165, 1.54) is 57.6 Å². The molecule has 0 radical (unpaired) electrons. The fraction of sp³-hybridized carbons (Fsp3) is 0.585. The molecule has 502 valence electrons. The second kappa shape index (κ2) is 39.0. The summed E-state index contributed by atoms with van der Waals surface area (Å²) in [6.45, 7) is 0.820. The molecular formula is C53H85N17O20. The van der Waals surface area contributed by atoms with Crippen LogP contribution in [0, 0.1) is 11.8 Å². The van der Waals surface area contributed by atoms with Gasteiger partial charge < -0.3 is 122 Å². The first kappa shape index (κ1) is 77.0. The van der Waals surface area contributed by atoms with Crippen LogP contribution in [0.25, 0.3) is 0 Å². The highest BCUT2D eigenvalue weighted by molar-refractivity contribution is 5.99. The number of carboxylic acid groups (broad SMARTS) is 1. The zero-order valence-electron chi connectivity index (χ0n) is 50.1. The van der Waals surface area contributed by atoms with Crippen LogP contribution in [-0.2, 0) is 70.4 Å². The summed E-state index contributed by atoms with van der Waals surface area (Å²) in [6, 6.07) is -14.4. The van der Waals surface area contributed by atoms with Crippen LogP contribution in [0.15, 0.2) is 41.8 Å². The van der Waals surface area contributed by atoms with Crippen molar-refractivity contribution in [2.24, 2.45) is 34.0 Å². The van der Waals surface area contributed by atoms with Crippen molar-refractivity contribution < 1.29 is 98.4 Å². The first-order valence-electron chi connectivity index (χ1n) is 28.2. The van der Waals surface area contributed by atoms with Crippen LogP contribution in [-0.4, -0.2) is 246 Å². The van der Waals surface area contributed by atoms with E-state index in [1.54, 1.807) is 13.8 Å². The molecule has 0 bridgehead atoms. The fourth-order valence-electron chi connectivity index (χ4n) is 8.05. The highest BCUT2D eigenvalue weighted by atomic mass is 16.4. The van der Waals surface area contributed by atoms with Gasteiger partial charge in [-0.05, 0) is 55.7 Å². The minimum Gasteiger partial charge on any atom is -0.508 e. The number of aliphatic carboxylic acids is 1. The summed E-state index contributed by atoms with van der Waals surface area (Å²) in [5, 5.41) is 105. The number of nitrogens with two attached hydrogens (primary N) is 3. The maximum Gasteiger partial charge on any atom is 0.326 e. The number of nitrogens with zero attached hydrogens (tertiary/aromatic N) is 2. The number of nitrogens with one attached hydrogen (secondary N) is 12. The summed E-state index contributed by atoms with van der Waals surface area (Å²) >= 11 is 0. The molecule has 37 nitrogen and oxygen atoms in total. The number of aliphatic hydroxyl groups is 6. The summed E-state index contributed by atoms with van der Waals surface area (Å²) in [4.78, 5) is 170. The summed E-state index contributed by atoms with van der Waals surface area (Å²) < 4.78 is 0. The SMILES string of the molecule is CC(C)C[C@H](NC(=O)[C@H](Cc1ccc(O)cc1)NC(=O)[C@H](CO)NC(=O)[C@H](CO)NC(=O)[C@H](CO)NC(=O)[C@@H](NC(=O)[C@H](CO)NC(=O)[C@H](CO)NC(=O)[C@H](CO)NC(=O)[C@H](C)NC(=O)[C@@H](N)CCCN=C(N)N)C(C)C)C(=O)N[C@@H](Cc1cnc[nH]1)C(=O)O. The van der Waals surface area contributed by atoms with Crippen molar-refractivity contribution in [1.29, 1.82) is 0 Å². The Hall–Kier alpha value is -9.14. The predicted molar refractivity (Wildman–Crippen MR) is 313 cm³/mol. The number of amides is 11. The molecule has 0 aliphatic heterocycles. The molecule has 0 fully saturated rings. The minimum absolute atomic E-state index is 0.0177. The van der Waals surface area contributed by atoms with E-state index in [0.717, 1.165) is 0 Å². The van der Waals surface area contributed by atoms with Gasteiger partial charge in [0.2, 0.25) is 65.0 Å². The number of phenolic OH excluding ortho intramolecular Hbond substituents is 1. The van der Waals surface area contributed by atoms with E-state index in [4.69, 9.17) is 17.2 Å². The molecule has 1 aromatic heterocycles. The first-order chi connectivity index (χ1) is 42.4. The van der Waals surface area contributed by atoms with Crippen molar-refractivity contribution in [2.45, 2.75) is 139 Å². The Morgan fingerprint density at radius 2 is 0.889 bits per heavy atom. The van der Waals surface area contributed by atoms with Gasteiger partial charge in [-0.15, -0.1) is 0 Å². The second-order valence-electron chi connectivity index (χ2n) is 21.3. The second-order valence-corrected chi connectivity index (χ2v) is 21.3. The van der Waals surface area contributed by atoms with Gasteiger partial charge in [-0.25, -0.2) is 9.78 Å². The molecule has 2 rings (SSSR count). The highest BCUT2D eigenvalue weighted by Crippen LogP contribution is 2.14. The van der Waals surface area contributed by atoms with E-state index in [2.05, 4.69) is 73.4 Å². The number of benzene rings is 1. The minimum atomic E-state index is -1.97. The summed E-state index contributed by atoms with van der Waals surface area (Å²) in [5.41, 5.74) is 17.1. The third-order valence-corrected chi connectivity index (χ3v) is 13.1. The lowest BCUT2D eigenvalue weighted by atomic mass is 10.00. The number of H-pyrrole nitrogens is 1. The molecule has 0 aliphatic carbocycles. The van der Waals surface area contributed by atoms with E-state index in [1.807, 2.05) is 0 Å². The van der Waals surface area contributed by atoms with Crippen molar-refractivity contribution in [3.05, 3.63) is 48.0 Å². The van der Waals surface area contributed by atoms with Gasteiger partial charge in [0.25, 0.3) is 0 Å². The number of imidazole rings is 1. The molecule has 0 aliphatic rings. The summed E-state index contributed by atoms with van der Waals surface area (Å²) in [5.74, 6) is -15.2. The van der Waals surface area contributed by atoms with E-state index in [9.17, 15) is 98.4 Å². The third kappa shape index (κ3) is 26.3. The van der Waals surface area contributed by atoms with Gasteiger partial charge in [0.1, 0.15) is 72.2 Å². The van der Waals surface area contributed by atoms with Crippen molar-refractivity contribution in [2.75, 3.05) is 46.2 Å². The fourth-order valence-corrected chi connectivity index (χ4v) is 8.05. The van der Waals surface area contributed by atoms with E-state index in [0.29, 0.717) is 17.7 Å². The Balaban J connectivity index is 2.16. The number of aliphatic imine (C=N–C) groups is 1. The smallest absolute Gasteiger partial charge is 0.326 e. The number of aliphatic hydroxyl groups excluding tert-OH is 6. The molecule has 11 amide bonds. The van der Waals surface area contributed by atoms with Crippen molar-refractivity contribution >= 4 is 76.9 Å². The summed E-state index contributed by atoms with van der Waals surface area (Å²) in [6.07, 6.45) is 2.60. The van der Waals surface area contributed by atoms with Crippen LogP contribution in [0.3, 0.4) is 0 Å². The average molecular weight is 1280 g/mol. The van der Waals surface area contributed by atoms with E-state index >= 15 is 0 Å². The standard InChI is InChI=1S/C53H85N17O20/c1-24(2)13-31(43(80)63-33(52(89)90)15-28-16-57-23-59-28)61-44(81)32(14-27-8-10-29(77)11-9-27)62-45(82)35(18-72)65-47(84)36(19-73)67-49(86)38(21-75)69-51(88)40(25(3)4)70-50(87)39(22-76)68-48(85)37(20-74)66-46(83)34(17-71)64-41(78)26(5)60-42(79)30(54)7-6-12-58-53(55)56/h8-11,16,23-26,30-40,71-77H,6-7,12-15,17-22,54H2,1-5H3,(H,57,59)(H,60,79)(H,61,81)(H,62,82)(H,63,80)(H,64,78)(H,65,84)(H,66,83)(H,67,86)(H,68,85)(H,69,88)(H,70,87)(H,89,90)(H4,55,56,58)/t26-,30-,31-,32-,33-,34-,35-,36-,37-,38-,39-,40-/m0/s1. The summed E-state index contributed by atoms with van der Waals surface area (Å²) in [7, 11) is 0. The lowest BCUT2D eigenvalue weighted by molar-refractivity contribution is -0.142. The molecule has 1 aromatic carbocycles. The molecule has 1 heterocycles. The molecule has 2 aromatic rings. The van der Waals surface area contributed by atoms with Gasteiger partial charge in [-0.2, -0.15) is 0 Å². The Labute approximate surface area is 515 Å². The van der Waals surface area contributed by atoms with Gasteiger partial charge in [0.15, 0.2) is 5.96 Å². The monoisotopic (exact) mass is 1280 g/mol. The number of guanidine groups is 1. The van der Waals surface area contributed by atoms with E-state index < -0.39 is 189 Å². The van der Waals surface area contributed by atoms with Crippen LogP contribution in [0.5, 0.6) is 5.75 Å². The molecule has 0 saturated heterocycles.